The summed E-state index contributed by atoms with van der Waals surface area (Å²) in [7, 11) is 0. The van der Waals surface area contributed by atoms with Crippen molar-refractivity contribution in [3.05, 3.63) is 12.2 Å². The smallest absolute Gasteiger partial charge is 0.330 e. The summed E-state index contributed by atoms with van der Waals surface area (Å²) in [6, 6.07) is 0. The lowest BCUT2D eigenvalue weighted by atomic mass is 9.97. The maximum absolute atomic E-state index is 11.0. The Labute approximate surface area is 101 Å². The molecule has 0 aliphatic carbocycles. The standard InChI is InChI=1S/C12H20O5/c1-2-3-5-8(13)11(15)12(16)9-6-4-7-10(14)17-9/h4,7-9,11-13,15-16H,2-3,5-6H2,1H3/t8-,9+,11+,12-/m0/s1. The quantitative estimate of drug-likeness (QED) is 0.578. The third-order valence-corrected chi connectivity index (χ3v) is 2.87. The monoisotopic (exact) mass is 244 g/mol. The third kappa shape index (κ3) is 4.11. The van der Waals surface area contributed by atoms with Crippen LogP contribution in [0.25, 0.3) is 0 Å². The Morgan fingerprint density at radius 1 is 1.47 bits per heavy atom. The molecule has 5 nitrogen and oxygen atoms in total. The van der Waals surface area contributed by atoms with Gasteiger partial charge in [-0.25, -0.2) is 4.79 Å². The molecule has 0 saturated heterocycles. The predicted octanol–water partition coefficient (Wildman–Crippen LogP) is 0.131. The Bertz CT molecular complexity index is 276. The van der Waals surface area contributed by atoms with E-state index in [4.69, 9.17) is 4.74 Å². The van der Waals surface area contributed by atoms with Gasteiger partial charge in [-0.3, -0.25) is 0 Å². The highest BCUT2D eigenvalue weighted by molar-refractivity contribution is 5.82. The van der Waals surface area contributed by atoms with Crippen molar-refractivity contribution < 1.29 is 24.9 Å². The lowest BCUT2D eigenvalue weighted by Gasteiger charge is -2.29. The van der Waals surface area contributed by atoms with Crippen LogP contribution in [0, 0.1) is 0 Å². The number of aliphatic hydroxyl groups is 3. The van der Waals surface area contributed by atoms with Gasteiger partial charge in [0.1, 0.15) is 18.3 Å². The van der Waals surface area contributed by atoms with E-state index in [2.05, 4.69) is 0 Å². The van der Waals surface area contributed by atoms with Crippen LogP contribution in [-0.2, 0) is 9.53 Å². The van der Waals surface area contributed by atoms with Gasteiger partial charge >= 0.3 is 5.97 Å². The molecule has 0 aromatic carbocycles. The highest BCUT2D eigenvalue weighted by Crippen LogP contribution is 2.17. The van der Waals surface area contributed by atoms with Crippen molar-refractivity contribution in [1.29, 1.82) is 0 Å². The van der Waals surface area contributed by atoms with E-state index in [1.54, 1.807) is 6.08 Å². The summed E-state index contributed by atoms with van der Waals surface area (Å²) < 4.78 is 4.88. The van der Waals surface area contributed by atoms with Gasteiger partial charge in [-0.15, -0.1) is 0 Å². The van der Waals surface area contributed by atoms with Crippen LogP contribution in [0.3, 0.4) is 0 Å². The molecule has 0 aromatic heterocycles. The van der Waals surface area contributed by atoms with Gasteiger partial charge < -0.3 is 20.1 Å². The molecule has 1 aliphatic rings. The summed E-state index contributed by atoms with van der Waals surface area (Å²) in [4.78, 5) is 11.0. The lowest BCUT2D eigenvalue weighted by molar-refractivity contribution is -0.161. The van der Waals surface area contributed by atoms with Gasteiger partial charge in [-0.2, -0.15) is 0 Å². The number of hydrogen-bond donors (Lipinski definition) is 3. The van der Waals surface area contributed by atoms with Gasteiger partial charge in [0.05, 0.1) is 6.10 Å². The second kappa shape index (κ2) is 6.74. The fourth-order valence-electron chi connectivity index (χ4n) is 1.78. The Hall–Kier alpha value is -0.910. The van der Waals surface area contributed by atoms with Gasteiger partial charge in [0.15, 0.2) is 0 Å². The number of cyclic esters (lactones) is 1. The summed E-state index contributed by atoms with van der Waals surface area (Å²) >= 11 is 0. The minimum Gasteiger partial charge on any atom is -0.456 e. The van der Waals surface area contributed by atoms with Crippen LogP contribution in [0.5, 0.6) is 0 Å². The first-order valence-corrected chi connectivity index (χ1v) is 5.97. The fourth-order valence-corrected chi connectivity index (χ4v) is 1.78. The van der Waals surface area contributed by atoms with Crippen molar-refractivity contribution in [2.24, 2.45) is 0 Å². The highest BCUT2D eigenvalue weighted by atomic mass is 16.6. The second-order valence-electron chi connectivity index (χ2n) is 4.30. The molecule has 98 valence electrons. The molecule has 0 aromatic rings. The maximum Gasteiger partial charge on any atom is 0.330 e. The number of carbonyl (C=O) groups excluding carboxylic acids is 1. The molecule has 0 amide bonds. The van der Waals surface area contributed by atoms with Crippen LogP contribution in [0.15, 0.2) is 12.2 Å². The average molecular weight is 244 g/mol. The topological polar surface area (TPSA) is 87.0 Å². The van der Waals surface area contributed by atoms with Crippen molar-refractivity contribution in [3.8, 4) is 0 Å². The van der Waals surface area contributed by atoms with E-state index in [1.165, 1.54) is 6.08 Å². The van der Waals surface area contributed by atoms with Crippen molar-refractivity contribution in [1.82, 2.24) is 0 Å². The predicted molar refractivity (Wildman–Crippen MR) is 61.2 cm³/mol. The largest absolute Gasteiger partial charge is 0.456 e. The van der Waals surface area contributed by atoms with E-state index in [-0.39, 0.29) is 0 Å². The first-order valence-electron chi connectivity index (χ1n) is 5.97. The first-order chi connectivity index (χ1) is 8.06. The van der Waals surface area contributed by atoms with E-state index < -0.39 is 30.4 Å². The maximum atomic E-state index is 11.0. The van der Waals surface area contributed by atoms with Crippen LogP contribution in [0.2, 0.25) is 0 Å². The summed E-state index contributed by atoms with van der Waals surface area (Å²) in [6.45, 7) is 1.98. The number of esters is 1. The second-order valence-corrected chi connectivity index (χ2v) is 4.30. The molecule has 0 saturated carbocycles. The van der Waals surface area contributed by atoms with E-state index >= 15 is 0 Å². The Kier molecular flexibility index (Phi) is 5.61. The molecule has 4 atom stereocenters. The summed E-state index contributed by atoms with van der Waals surface area (Å²) in [5, 5.41) is 29.2. The van der Waals surface area contributed by atoms with E-state index in [1.807, 2.05) is 6.92 Å². The molecule has 0 fully saturated rings. The number of hydrogen-bond acceptors (Lipinski definition) is 5. The van der Waals surface area contributed by atoms with Crippen molar-refractivity contribution in [2.75, 3.05) is 0 Å². The molecule has 1 aliphatic heterocycles. The van der Waals surface area contributed by atoms with Gasteiger partial charge in [0.2, 0.25) is 0 Å². The molecule has 0 unspecified atom stereocenters. The highest BCUT2D eigenvalue weighted by Gasteiger charge is 2.33. The molecular formula is C12H20O5. The minimum absolute atomic E-state index is 0.352. The Morgan fingerprint density at radius 2 is 2.18 bits per heavy atom. The zero-order chi connectivity index (χ0) is 12.8. The molecule has 1 rings (SSSR count). The molecule has 1 heterocycles. The molecule has 3 N–H and O–H groups in total. The zero-order valence-electron chi connectivity index (χ0n) is 9.95. The third-order valence-electron chi connectivity index (χ3n) is 2.87. The molecule has 0 radical (unpaired) electrons. The normalized spacial score (nSPS) is 25.2. The molecule has 5 heteroatoms. The molecule has 0 bridgehead atoms. The van der Waals surface area contributed by atoms with Crippen molar-refractivity contribution >= 4 is 5.97 Å². The number of rotatable bonds is 6. The number of unbranched alkanes of at least 4 members (excludes halogenated alkanes) is 1. The number of carbonyl (C=O) groups is 1. The van der Waals surface area contributed by atoms with Gasteiger partial charge in [0, 0.05) is 12.5 Å². The molecular weight excluding hydrogens is 224 g/mol. The number of aliphatic hydroxyl groups excluding tert-OH is 3. The summed E-state index contributed by atoms with van der Waals surface area (Å²) in [5.74, 6) is -0.532. The van der Waals surface area contributed by atoms with Crippen LogP contribution in [-0.4, -0.2) is 45.7 Å². The van der Waals surface area contributed by atoms with Crippen LogP contribution >= 0.6 is 0 Å². The van der Waals surface area contributed by atoms with Gasteiger partial charge in [-0.1, -0.05) is 25.8 Å². The van der Waals surface area contributed by atoms with E-state index in [9.17, 15) is 20.1 Å². The van der Waals surface area contributed by atoms with Crippen molar-refractivity contribution in [3.63, 3.8) is 0 Å². The molecule has 17 heavy (non-hydrogen) atoms. The zero-order valence-corrected chi connectivity index (χ0v) is 9.95. The molecule has 0 spiro atoms. The van der Waals surface area contributed by atoms with E-state index in [0.29, 0.717) is 12.8 Å². The average Bonchev–Trinajstić information content (AvgIpc) is 2.34. The van der Waals surface area contributed by atoms with Crippen LogP contribution in [0.1, 0.15) is 32.6 Å². The van der Waals surface area contributed by atoms with Crippen LogP contribution in [0.4, 0.5) is 0 Å². The van der Waals surface area contributed by atoms with E-state index in [0.717, 1.165) is 12.8 Å². The first kappa shape index (κ1) is 14.2. The Balaban J connectivity index is 2.47. The van der Waals surface area contributed by atoms with Crippen molar-refractivity contribution in [2.45, 2.75) is 57.0 Å². The van der Waals surface area contributed by atoms with Gasteiger partial charge in [-0.05, 0) is 6.42 Å². The lowest BCUT2D eigenvalue weighted by Crippen LogP contribution is -2.46. The summed E-state index contributed by atoms with van der Waals surface area (Å²) in [5.41, 5.74) is 0. The van der Waals surface area contributed by atoms with Crippen LogP contribution < -0.4 is 0 Å². The SMILES string of the molecule is CCCC[C@H](O)[C@@H](O)[C@@H](O)[C@H]1CC=CC(=O)O1. The number of ether oxygens (including phenoxy) is 1. The minimum atomic E-state index is -1.29. The fraction of sp³-hybridized carbons (Fsp3) is 0.750. The summed E-state index contributed by atoms with van der Waals surface area (Å²) in [6.07, 6.45) is 1.01. The van der Waals surface area contributed by atoms with Gasteiger partial charge in [0.25, 0.3) is 0 Å². The Morgan fingerprint density at radius 3 is 2.76 bits per heavy atom.